The van der Waals surface area contributed by atoms with Crippen LogP contribution in [0.15, 0.2) is 48.5 Å². The lowest BCUT2D eigenvalue weighted by Crippen LogP contribution is -2.47. The first-order chi connectivity index (χ1) is 11.0. The van der Waals surface area contributed by atoms with Crippen LogP contribution in [0.2, 0.25) is 5.02 Å². The second-order valence-corrected chi connectivity index (χ2v) is 7.53. The molecular formula is C17H13ClN2O2S. The van der Waals surface area contributed by atoms with Crippen LogP contribution in [0.3, 0.4) is 0 Å². The van der Waals surface area contributed by atoms with E-state index in [1.54, 1.807) is 29.2 Å². The van der Waals surface area contributed by atoms with Crippen molar-refractivity contribution in [2.75, 3.05) is 10.2 Å². The fourth-order valence-electron chi connectivity index (χ4n) is 3.18. The van der Waals surface area contributed by atoms with Gasteiger partial charge in [-0.2, -0.15) is 0 Å². The summed E-state index contributed by atoms with van der Waals surface area (Å²) in [6.07, 6.45) is 0. The van der Waals surface area contributed by atoms with Gasteiger partial charge in [0.25, 0.3) is 5.91 Å². The van der Waals surface area contributed by atoms with Crippen LogP contribution >= 0.6 is 23.4 Å². The summed E-state index contributed by atoms with van der Waals surface area (Å²) < 4.78 is 0. The van der Waals surface area contributed by atoms with Gasteiger partial charge in [-0.15, -0.1) is 11.8 Å². The van der Waals surface area contributed by atoms with Crippen LogP contribution in [0, 0.1) is 0 Å². The predicted octanol–water partition coefficient (Wildman–Crippen LogP) is 3.61. The first-order valence-corrected chi connectivity index (χ1v) is 8.48. The lowest BCUT2D eigenvalue weighted by molar-refractivity contribution is -0.122. The molecule has 2 aliphatic rings. The number of nitrogens with zero attached hydrogens (tertiary/aromatic N) is 1. The number of thioether (sulfide) groups is 1. The molecule has 1 saturated heterocycles. The number of halogens is 1. The highest BCUT2D eigenvalue weighted by Gasteiger charge is 2.60. The third-order valence-electron chi connectivity index (χ3n) is 4.14. The van der Waals surface area contributed by atoms with E-state index in [0.717, 1.165) is 11.3 Å². The molecule has 0 radical (unpaired) electrons. The van der Waals surface area contributed by atoms with Crippen LogP contribution in [-0.2, 0) is 14.5 Å². The topological polar surface area (TPSA) is 49.4 Å². The number of amides is 2. The maximum Gasteiger partial charge on any atom is 0.266 e. The summed E-state index contributed by atoms with van der Waals surface area (Å²) in [4.78, 5) is 26.2. The zero-order valence-corrected chi connectivity index (χ0v) is 13.8. The summed E-state index contributed by atoms with van der Waals surface area (Å²) in [6, 6.07) is 14.5. The first-order valence-electron chi connectivity index (χ1n) is 7.22. The number of hydrogen-bond donors (Lipinski definition) is 1. The van der Waals surface area contributed by atoms with Gasteiger partial charge in [-0.3, -0.25) is 14.5 Å². The third kappa shape index (κ3) is 1.93. The predicted molar refractivity (Wildman–Crippen MR) is 92.7 cm³/mol. The second kappa shape index (κ2) is 5.01. The van der Waals surface area contributed by atoms with Crippen LogP contribution in [0.1, 0.15) is 12.5 Å². The number of benzene rings is 2. The van der Waals surface area contributed by atoms with Gasteiger partial charge in [0, 0.05) is 22.0 Å². The summed E-state index contributed by atoms with van der Waals surface area (Å²) in [5.74, 6) is -0.287. The maximum absolute atomic E-state index is 12.9. The van der Waals surface area contributed by atoms with Crippen molar-refractivity contribution in [3.8, 4) is 0 Å². The number of anilines is 2. The minimum absolute atomic E-state index is 0.0934. The lowest BCUT2D eigenvalue weighted by Gasteiger charge is -2.32. The van der Waals surface area contributed by atoms with Gasteiger partial charge in [-0.05, 0) is 31.2 Å². The number of rotatable bonds is 1. The zero-order valence-electron chi connectivity index (χ0n) is 12.2. The molecule has 0 unspecified atom stereocenters. The van der Waals surface area contributed by atoms with Gasteiger partial charge in [0.15, 0.2) is 0 Å². The van der Waals surface area contributed by atoms with Gasteiger partial charge >= 0.3 is 0 Å². The van der Waals surface area contributed by atoms with E-state index in [1.165, 1.54) is 11.8 Å². The van der Waals surface area contributed by atoms with Gasteiger partial charge in [-0.25, -0.2) is 0 Å². The van der Waals surface area contributed by atoms with E-state index in [0.29, 0.717) is 10.7 Å². The summed E-state index contributed by atoms with van der Waals surface area (Å²) in [6.45, 7) is 1.83. The molecule has 0 aliphatic carbocycles. The Balaban J connectivity index is 1.96. The molecule has 4 nitrogen and oxygen atoms in total. The van der Waals surface area contributed by atoms with Crippen molar-refractivity contribution in [2.45, 2.75) is 17.0 Å². The third-order valence-corrected chi connectivity index (χ3v) is 5.86. The molecule has 1 spiro atoms. The van der Waals surface area contributed by atoms with Crippen LogP contribution in [0.4, 0.5) is 11.4 Å². The highest BCUT2D eigenvalue weighted by atomic mass is 35.5. The molecule has 0 saturated carbocycles. The van der Waals surface area contributed by atoms with E-state index in [9.17, 15) is 9.59 Å². The molecule has 2 atom stereocenters. The lowest BCUT2D eigenvalue weighted by atomic mass is 10.0. The Labute approximate surface area is 142 Å². The van der Waals surface area contributed by atoms with E-state index in [4.69, 9.17) is 11.6 Å². The molecule has 4 rings (SSSR count). The highest BCUT2D eigenvalue weighted by molar-refractivity contribution is 8.03. The SMILES string of the molecule is C[C@H]1S[C@]2(C(=O)Nc3ccccc32)N(c2cccc(Cl)c2)C1=O. The minimum atomic E-state index is -1.07. The van der Waals surface area contributed by atoms with Gasteiger partial charge < -0.3 is 5.32 Å². The summed E-state index contributed by atoms with van der Waals surface area (Å²) >= 11 is 7.46. The van der Waals surface area contributed by atoms with E-state index >= 15 is 0 Å². The Morgan fingerprint density at radius 2 is 1.96 bits per heavy atom. The van der Waals surface area contributed by atoms with E-state index in [2.05, 4.69) is 5.32 Å². The number of nitrogens with one attached hydrogen (secondary N) is 1. The molecule has 2 heterocycles. The Morgan fingerprint density at radius 3 is 2.74 bits per heavy atom. The smallest absolute Gasteiger partial charge is 0.266 e. The standard InChI is InChI=1S/C17H13ClN2O2S/c1-10-15(21)20(12-6-4-5-11(18)9-12)17(23-10)13-7-2-3-8-14(13)19-16(17)22/h2-10H,1H3,(H,19,22)/t10-,17-/m1/s1. The van der Waals surface area contributed by atoms with Crippen LogP contribution in [0.5, 0.6) is 0 Å². The van der Waals surface area contributed by atoms with Crippen molar-refractivity contribution >= 4 is 46.6 Å². The number of carbonyl (C=O) groups is 2. The van der Waals surface area contributed by atoms with E-state index in [1.807, 2.05) is 31.2 Å². The first kappa shape index (κ1) is 14.6. The monoisotopic (exact) mass is 344 g/mol. The second-order valence-electron chi connectivity index (χ2n) is 5.56. The average Bonchev–Trinajstić information content (AvgIpc) is 2.95. The normalized spacial score (nSPS) is 25.8. The van der Waals surface area contributed by atoms with Crippen molar-refractivity contribution in [1.82, 2.24) is 0 Å². The highest BCUT2D eigenvalue weighted by Crippen LogP contribution is 2.56. The number of hydrogen-bond acceptors (Lipinski definition) is 3. The van der Waals surface area contributed by atoms with Crippen molar-refractivity contribution < 1.29 is 9.59 Å². The van der Waals surface area contributed by atoms with Gasteiger partial charge in [-0.1, -0.05) is 35.9 Å². The zero-order chi connectivity index (χ0) is 16.2. The summed E-state index contributed by atoms with van der Waals surface area (Å²) in [7, 11) is 0. The number of para-hydroxylation sites is 1. The van der Waals surface area contributed by atoms with Gasteiger partial charge in [0.05, 0.1) is 5.25 Å². The minimum Gasteiger partial charge on any atom is -0.323 e. The van der Waals surface area contributed by atoms with Crippen molar-refractivity contribution in [1.29, 1.82) is 0 Å². The Kier molecular flexibility index (Phi) is 3.18. The fourth-order valence-corrected chi connectivity index (χ4v) is 4.84. The molecule has 0 aromatic heterocycles. The maximum atomic E-state index is 12.9. The van der Waals surface area contributed by atoms with Crippen molar-refractivity contribution in [3.63, 3.8) is 0 Å². The van der Waals surface area contributed by atoms with Crippen LogP contribution in [0.25, 0.3) is 0 Å². The van der Waals surface area contributed by atoms with Crippen molar-refractivity contribution in [3.05, 3.63) is 59.1 Å². The largest absolute Gasteiger partial charge is 0.323 e. The Hall–Kier alpha value is -1.98. The van der Waals surface area contributed by atoms with E-state index in [-0.39, 0.29) is 17.1 Å². The van der Waals surface area contributed by atoms with Gasteiger partial charge in [0.2, 0.25) is 10.8 Å². The molecule has 2 aromatic carbocycles. The molecule has 1 fully saturated rings. The quantitative estimate of drug-likeness (QED) is 0.859. The summed E-state index contributed by atoms with van der Waals surface area (Å²) in [5.41, 5.74) is 2.19. The molecule has 0 bridgehead atoms. The summed E-state index contributed by atoms with van der Waals surface area (Å²) in [5, 5.41) is 3.11. The number of fused-ring (bicyclic) bond motifs is 2. The van der Waals surface area contributed by atoms with Crippen LogP contribution < -0.4 is 10.2 Å². The molecule has 1 N–H and O–H groups in total. The molecule has 23 heavy (non-hydrogen) atoms. The van der Waals surface area contributed by atoms with Crippen molar-refractivity contribution in [2.24, 2.45) is 0 Å². The molecule has 6 heteroatoms. The molecular weight excluding hydrogens is 332 g/mol. The average molecular weight is 345 g/mol. The van der Waals surface area contributed by atoms with E-state index < -0.39 is 4.87 Å². The number of carbonyl (C=O) groups excluding carboxylic acids is 2. The Bertz CT molecular complexity index is 841. The van der Waals surface area contributed by atoms with Crippen LogP contribution in [-0.4, -0.2) is 17.1 Å². The molecule has 116 valence electrons. The Morgan fingerprint density at radius 1 is 1.17 bits per heavy atom. The van der Waals surface area contributed by atoms with Gasteiger partial charge in [0.1, 0.15) is 0 Å². The molecule has 2 aliphatic heterocycles. The molecule has 2 amide bonds. The molecule has 2 aromatic rings. The fraction of sp³-hybridized carbons (Fsp3) is 0.176.